The number of nitrogens with one attached hydrogen (secondary N) is 1. The van der Waals surface area contributed by atoms with Crippen LogP contribution in [0.15, 0.2) is 30.6 Å². The van der Waals surface area contributed by atoms with Gasteiger partial charge in [-0.2, -0.15) is 13.2 Å². The van der Waals surface area contributed by atoms with Gasteiger partial charge >= 0.3 is 6.61 Å². The van der Waals surface area contributed by atoms with Crippen molar-refractivity contribution in [2.75, 3.05) is 5.32 Å². The number of hydrogen-bond acceptors (Lipinski definition) is 5. The summed E-state index contributed by atoms with van der Waals surface area (Å²) < 4.78 is 55.9. The summed E-state index contributed by atoms with van der Waals surface area (Å²) in [5.74, 6) is -3.78. The van der Waals surface area contributed by atoms with Crippen LogP contribution in [0.25, 0.3) is 11.0 Å². The molecule has 0 aliphatic heterocycles. The van der Waals surface area contributed by atoms with Crippen molar-refractivity contribution in [2.24, 2.45) is 0 Å². The van der Waals surface area contributed by atoms with Crippen molar-refractivity contribution < 1.29 is 22.3 Å². The van der Waals surface area contributed by atoms with Gasteiger partial charge in [0, 0.05) is 0 Å². The molecule has 0 spiro atoms. The Bertz CT molecular complexity index is 909. The molecule has 0 fully saturated rings. The smallest absolute Gasteiger partial charge is 0.387 e. The van der Waals surface area contributed by atoms with Crippen LogP contribution in [0.5, 0.6) is 5.75 Å². The first kappa shape index (κ1) is 16.2. The lowest BCUT2D eigenvalue weighted by atomic mass is 10.2. The first-order valence-electron chi connectivity index (χ1n) is 6.43. The van der Waals surface area contributed by atoms with Gasteiger partial charge in [0.05, 0.1) is 11.2 Å². The summed E-state index contributed by atoms with van der Waals surface area (Å²) in [5.41, 5.74) is 0.323. The van der Waals surface area contributed by atoms with Crippen molar-refractivity contribution in [1.29, 1.82) is 0 Å². The largest absolute Gasteiger partial charge is 0.432 e. The van der Waals surface area contributed by atoms with Crippen molar-refractivity contribution in [2.45, 2.75) is 6.61 Å². The summed E-state index contributed by atoms with van der Waals surface area (Å²) in [6, 6.07) is 5.00. The fourth-order valence-electron chi connectivity index (χ4n) is 1.95. The van der Waals surface area contributed by atoms with E-state index >= 15 is 0 Å². The van der Waals surface area contributed by atoms with E-state index in [1.165, 1.54) is 12.4 Å². The Kier molecular flexibility index (Phi) is 4.34. The lowest BCUT2D eigenvalue weighted by molar-refractivity contribution is -0.0524. The molecule has 3 rings (SSSR count). The number of alkyl halides is 2. The van der Waals surface area contributed by atoms with E-state index in [1.54, 1.807) is 6.07 Å². The summed E-state index contributed by atoms with van der Waals surface area (Å²) in [6.45, 7) is -3.27. The van der Waals surface area contributed by atoms with Crippen LogP contribution in [0, 0.1) is 11.6 Å². The van der Waals surface area contributed by atoms with Gasteiger partial charge in [-0.1, -0.05) is 11.6 Å². The van der Waals surface area contributed by atoms with Crippen LogP contribution in [0.3, 0.4) is 0 Å². The zero-order valence-corrected chi connectivity index (χ0v) is 12.4. The van der Waals surface area contributed by atoms with E-state index in [1.807, 2.05) is 0 Å². The van der Waals surface area contributed by atoms with Gasteiger partial charge in [0.1, 0.15) is 17.0 Å². The summed E-state index contributed by atoms with van der Waals surface area (Å²) in [6.07, 6.45) is 1.20. The highest BCUT2D eigenvalue weighted by molar-refractivity contribution is 6.29. The lowest BCUT2D eigenvalue weighted by Gasteiger charge is -2.11. The fourth-order valence-corrected chi connectivity index (χ4v) is 2.10. The third-order valence-corrected chi connectivity index (χ3v) is 3.17. The molecule has 24 heavy (non-hydrogen) atoms. The van der Waals surface area contributed by atoms with Gasteiger partial charge in [-0.3, -0.25) is 0 Å². The van der Waals surface area contributed by atoms with E-state index in [2.05, 4.69) is 25.0 Å². The number of nitrogens with zero attached hydrogens (tertiary/aromatic N) is 3. The number of ether oxygens (including phenoxy) is 1. The van der Waals surface area contributed by atoms with Gasteiger partial charge in [0.2, 0.25) is 5.82 Å². The van der Waals surface area contributed by atoms with Crippen LogP contribution in [0.1, 0.15) is 0 Å². The summed E-state index contributed by atoms with van der Waals surface area (Å²) in [5, 5.41) is 2.69. The standard InChI is InChI=1S/C14H7ClF4N4O/c15-9-4-2-7-12(23-9)13(21-5-20-7)22-6-1-3-8(24-14(18)19)11(17)10(6)16/h1-5,14H,(H,20,21,22). The molecule has 10 heteroatoms. The Labute approximate surface area is 137 Å². The number of aromatic nitrogens is 3. The third-order valence-electron chi connectivity index (χ3n) is 2.96. The summed E-state index contributed by atoms with van der Waals surface area (Å²) in [4.78, 5) is 11.9. The maximum atomic E-state index is 14.0. The molecule has 5 nitrogen and oxygen atoms in total. The van der Waals surface area contributed by atoms with Gasteiger partial charge in [-0.05, 0) is 24.3 Å². The van der Waals surface area contributed by atoms with E-state index in [4.69, 9.17) is 11.6 Å². The highest BCUT2D eigenvalue weighted by atomic mass is 35.5. The number of hydrogen-bond donors (Lipinski definition) is 1. The van der Waals surface area contributed by atoms with Crippen LogP contribution in [-0.4, -0.2) is 21.6 Å². The normalized spacial score (nSPS) is 11.1. The summed E-state index contributed by atoms with van der Waals surface area (Å²) >= 11 is 5.80. The molecule has 0 atom stereocenters. The molecule has 0 aliphatic rings. The van der Waals surface area contributed by atoms with Gasteiger partial charge in [0.15, 0.2) is 17.4 Å². The molecule has 2 heterocycles. The van der Waals surface area contributed by atoms with Gasteiger partial charge in [-0.15, -0.1) is 0 Å². The van der Waals surface area contributed by atoms with Crippen molar-refractivity contribution in [1.82, 2.24) is 15.0 Å². The minimum absolute atomic E-state index is 0.0725. The molecule has 0 amide bonds. The molecule has 3 aromatic rings. The predicted molar refractivity (Wildman–Crippen MR) is 78.6 cm³/mol. The van der Waals surface area contributed by atoms with Crippen LogP contribution < -0.4 is 10.1 Å². The Morgan fingerprint density at radius 2 is 1.83 bits per heavy atom. The van der Waals surface area contributed by atoms with Crippen molar-refractivity contribution in [3.8, 4) is 5.75 Å². The second-order valence-electron chi connectivity index (χ2n) is 4.47. The van der Waals surface area contributed by atoms with E-state index < -0.39 is 24.0 Å². The highest BCUT2D eigenvalue weighted by Crippen LogP contribution is 2.30. The maximum Gasteiger partial charge on any atom is 0.387 e. The van der Waals surface area contributed by atoms with Crippen LogP contribution in [0.4, 0.5) is 29.1 Å². The van der Waals surface area contributed by atoms with E-state index in [9.17, 15) is 17.6 Å². The van der Waals surface area contributed by atoms with Crippen molar-refractivity contribution >= 4 is 34.1 Å². The molecule has 124 valence electrons. The quantitative estimate of drug-likeness (QED) is 0.556. The third kappa shape index (κ3) is 3.16. The van der Waals surface area contributed by atoms with E-state index in [0.29, 0.717) is 5.52 Å². The van der Waals surface area contributed by atoms with Gasteiger partial charge < -0.3 is 10.1 Å². The predicted octanol–water partition coefficient (Wildman–Crippen LogP) is 4.30. The zero-order valence-electron chi connectivity index (χ0n) is 11.6. The zero-order chi connectivity index (χ0) is 17.3. The molecule has 0 saturated carbocycles. The number of benzene rings is 1. The number of rotatable bonds is 4. The SMILES string of the molecule is Fc1c(Nc2ncnc3ccc(Cl)nc23)ccc(OC(F)F)c1F. The molecule has 1 aromatic carbocycles. The van der Waals surface area contributed by atoms with Crippen molar-refractivity contribution in [3.63, 3.8) is 0 Å². The lowest BCUT2D eigenvalue weighted by Crippen LogP contribution is -2.06. The second-order valence-corrected chi connectivity index (χ2v) is 4.85. The molecular weight excluding hydrogens is 352 g/mol. The minimum Gasteiger partial charge on any atom is -0.432 e. The number of anilines is 2. The van der Waals surface area contributed by atoms with Crippen LogP contribution >= 0.6 is 11.6 Å². The highest BCUT2D eigenvalue weighted by Gasteiger charge is 2.18. The Balaban J connectivity index is 2.00. The Hall–Kier alpha value is -2.68. The van der Waals surface area contributed by atoms with Crippen LogP contribution in [-0.2, 0) is 0 Å². The first-order valence-corrected chi connectivity index (χ1v) is 6.80. The van der Waals surface area contributed by atoms with Gasteiger partial charge in [0.25, 0.3) is 0 Å². The average Bonchev–Trinajstić information content (AvgIpc) is 2.54. The number of fused-ring (bicyclic) bond motifs is 1. The summed E-state index contributed by atoms with van der Waals surface area (Å²) in [7, 11) is 0. The van der Waals surface area contributed by atoms with E-state index in [0.717, 1.165) is 12.1 Å². The van der Waals surface area contributed by atoms with E-state index in [-0.39, 0.29) is 22.2 Å². The molecule has 2 aromatic heterocycles. The number of halogens is 5. The monoisotopic (exact) mass is 358 g/mol. The number of pyridine rings is 1. The molecule has 0 aliphatic carbocycles. The van der Waals surface area contributed by atoms with Crippen LogP contribution in [0.2, 0.25) is 5.15 Å². The average molecular weight is 359 g/mol. The maximum absolute atomic E-state index is 14.0. The molecule has 0 bridgehead atoms. The van der Waals surface area contributed by atoms with Crippen molar-refractivity contribution in [3.05, 3.63) is 47.4 Å². The Morgan fingerprint density at radius 1 is 1.04 bits per heavy atom. The minimum atomic E-state index is -3.27. The first-order chi connectivity index (χ1) is 11.5. The fraction of sp³-hybridized carbons (Fsp3) is 0.0714. The molecular formula is C14H7ClF4N4O. The second kappa shape index (κ2) is 6.44. The topological polar surface area (TPSA) is 59.9 Å². The Morgan fingerprint density at radius 3 is 2.58 bits per heavy atom. The molecule has 0 unspecified atom stereocenters. The molecule has 0 radical (unpaired) electrons. The molecule has 1 N–H and O–H groups in total. The van der Waals surface area contributed by atoms with Gasteiger partial charge in [-0.25, -0.2) is 19.3 Å². The molecule has 0 saturated heterocycles.